The highest BCUT2D eigenvalue weighted by molar-refractivity contribution is 7.99. The number of nitrogens with one attached hydrogen (secondary N) is 1. The smallest absolute Gasteiger partial charge is 0.277 e. The molecule has 0 unspecified atom stereocenters. The summed E-state index contributed by atoms with van der Waals surface area (Å²) in [4.78, 5) is 12.2. The van der Waals surface area contributed by atoms with Gasteiger partial charge < -0.3 is 9.73 Å². The Morgan fingerprint density at radius 1 is 0.828 bits per heavy atom. The van der Waals surface area contributed by atoms with Gasteiger partial charge in [0, 0.05) is 5.69 Å². The number of hydrogen-bond acceptors (Lipinski definition) is 5. The number of benzene rings is 3. The molecule has 1 aromatic heterocycles. The van der Waals surface area contributed by atoms with Gasteiger partial charge in [-0.25, -0.2) is 0 Å². The van der Waals surface area contributed by atoms with Gasteiger partial charge in [-0.1, -0.05) is 84.6 Å². The second-order valence-electron chi connectivity index (χ2n) is 6.40. The van der Waals surface area contributed by atoms with Crippen molar-refractivity contribution in [1.82, 2.24) is 10.2 Å². The zero-order chi connectivity index (χ0) is 19.9. The van der Waals surface area contributed by atoms with Crippen molar-refractivity contribution < 1.29 is 9.21 Å². The molecule has 0 saturated carbocycles. The lowest BCUT2D eigenvalue weighted by molar-refractivity contribution is -0.113. The minimum Gasteiger partial charge on any atom is -0.416 e. The Morgan fingerprint density at radius 2 is 1.48 bits per heavy atom. The molecule has 29 heavy (non-hydrogen) atoms. The minimum atomic E-state index is -0.120. The summed E-state index contributed by atoms with van der Waals surface area (Å²) in [6.45, 7) is 0. The fourth-order valence-electron chi connectivity index (χ4n) is 2.84. The van der Waals surface area contributed by atoms with Crippen molar-refractivity contribution >= 4 is 23.4 Å². The molecule has 6 heteroatoms. The van der Waals surface area contributed by atoms with Gasteiger partial charge in [-0.2, -0.15) is 0 Å². The maximum atomic E-state index is 12.2. The summed E-state index contributed by atoms with van der Waals surface area (Å²) in [5.41, 5.74) is 4.10. The van der Waals surface area contributed by atoms with Gasteiger partial charge >= 0.3 is 0 Å². The highest BCUT2D eigenvalue weighted by Crippen LogP contribution is 2.22. The number of carbonyl (C=O) groups is 1. The lowest BCUT2D eigenvalue weighted by atomic mass is 10.1. The average molecular weight is 401 g/mol. The first kappa shape index (κ1) is 19.0. The van der Waals surface area contributed by atoms with Gasteiger partial charge in [0.2, 0.25) is 11.8 Å². The molecule has 1 N–H and O–H groups in total. The van der Waals surface area contributed by atoms with Gasteiger partial charge in [0.05, 0.1) is 12.2 Å². The van der Waals surface area contributed by atoms with Crippen LogP contribution >= 0.6 is 11.8 Å². The van der Waals surface area contributed by atoms with E-state index in [-0.39, 0.29) is 11.7 Å². The van der Waals surface area contributed by atoms with Crippen LogP contribution in [0, 0.1) is 0 Å². The molecule has 0 atom stereocenters. The Morgan fingerprint density at radius 3 is 2.21 bits per heavy atom. The molecule has 144 valence electrons. The number of rotatable bonds is 7. The second-order valence-corrected chi connectivity index (χ2v) is 7.33. The average Bonchev–Trinajstić information content (AvgIpc) is 3.21. The van der Waals surface area contributed by atoms with Gasteiger partial charge in [-0.15, -0.1) is 10.2 Å². The third-order valence-electron chi connectivity index (χ3n) is 4.25. The van der Waals surface area contributed by atoms with Crippen LogP contribution in [0.25, 0.3) is 11.1 Å². The van der Waals surface area contributed by atoms with Crippen LogP contribution in [0.15, 0.2) is 94.6 Å². The van der Waals surface area contributed by atoms with Gasteiger partial charge in [0.15, 0.2) is 0 Å². The normalized spacial score (nSPS) is 10.6. The van der Waals surface area contributed by atoms with Crippen LogP contribution in [-0.2, 0) is 11.2 Å². The lowest BCUT2D eigenvalue weighted by Crippen LogP contribution is -2.13. The molecule has 3 aromatic carbocycles. The number of amides is 1. The number of carbonyl (C=O) groups excluding carboxylic acids is 1. The van der Waals surface area contributed by atoms with Crippen molar-refractivity contribution in [2.45, 2.75) is 11.6 Å². The Hall–Kier alpha value is -3.38. The fraction of sp³-hybridized carbons (Fsp3) is 0.0870. The maximum absolute atomic E-state index is 12.2. The van der Waals surface area contributed by atoms with E-state index in [2.05, 4.69) is 27.6 Å². The summed E-state index contributed by atoms with van der Waals surface area (Å²) in [5.74, 6) is 0.619. The van der Waals surface area contributed by atoms with E-state index in [4.69, 9.17) is 4.42 Å². The van der Waals surface area contributed by atoms with E-state index >= 15 is 0 Å². The Kier molecular flexibility index (Phi) is 6.02. The van der Waals surface area contributed by atoms with Crippen molar-refractivity contribution in [3.05, 3.63) is 96.4 Å². The third kappa shape index (κ3) is 5.33. The standard InChI is InChI=1S/C23H19N3O2S/c27-21(24-20-13-11-19(12-14-20)18-9-5-2-6-10-18)16-29-23-26-25-22(28-23)15-17-7-3-1-4-8-17/h1-14H,15-16H2,(H,24,27). The SMILES string of the molecule is O=C(CSc1nnc(Cc2ccccc2)o1)Nc1ccc(-c2ccccc2)cc1. The summed E-state index contributed by atoms with van der Waals surface area (Å²) in [5, 5.41) is 11.3. The summed E-state index contributed by atoms with van der Waals surface area (Å²) in [7, 11) is 0. The predicted octanol–water partition coefficient (Wildman–Crippen LogP) is 5.06. The second kappa shape index (κ2) is 9.21. The summed E-state index contributed by atoms with van der Waals surface area (Å²) in [6.07, 6.45) is 0.578. The first-order valence-corrected chi connectivity index (χ1v) is 10.2. The van der Waals surface area contributed by atoms with E-state index < -0.39 is 0 Å². The number of aromatic nitrogens is 2. The number of nitrogens with zero attached hydrogens (tertiary/aromatic N) is 2. The van der Waals surface area contributed by atoms with Gasteiger partial charge in [0.25, 0.3) is 5.22 Å². The molecule has 4 rings (SSSR count). The van der Waals surface area contributed by atoms with E-state index in [0.717, 1.165) is 22.4 Å². The minimum absolute atomic E-state index is 0.120. The molecule has 0 aliphatic heterocycles. The number of hydrogen-bond donors (Lipinski definition) is 1. The molecule has 4 aromatic rings. The van der Waals surface area contributed by atoms with E-state index in [1.54, 1.807) is 0 Å². The molecule has 1 heterocycles. The molecule has 5 nitrogen and oxygen atoms in total. The molecule has 0 saturated heterocycles. The van der Waals surface area contributed by atoms with Gasteiger partial charge in [-0.3, -0.25) is 4.79 Å². The van der Waals surface area contributed by atoms with Crippen molar-refractivity contribution in [3.63, 3.8) is 0 Å². The Balaban J connectivity index is 1.28. The van der Waals surface area contributed by atoms with Crippen LogP contribution < -0.4 is 5.32 Å². The van der Waals surface area contributed by atoms with Crippen molar-refractivity contribution in [2.24, 2.45) is 0 Å². The van der Waals surface area contributed by atoms with Crippen LogP contribution in [0.1, 0.15) is 11.5 Å². The third-order valence-corrected chi connectivity index (χ3v) is 5.07. The van der Waals surface area contributed by atoms with Crippen molar-refractivity contribution in [3.8, 4) is 11.1 Å². The number of thioether (sulfide) groups is 1. The number of anilines is 1. The van der Waals surface area contributed by atoms with E-state index in [9.17, 15) is 4.79 Å². The largest absolute Gasteiger partial charge is 0.416 e. The molecule has 0 aliphatic rings. The molecular formula is C23H19N3O2S. The highest BCUT2D eigenvalue weighted by atomic mass is 32.2. The van der Waals surface area contributed by atoms with Crippen LogP contribution in [-0.4, -0.2) is 21.9 Å². The maximum Gasteiger partial charge on any atom is 0.277 e. The van der Waals surface area contributed by atoms with E-state index in [1.807, 2.05) is 72.8 Å². The first-order valence-electron chi connectivity index (χ1n) is 9.21. The molecule has 0 fully saturated rings. The fourth-order valence-corrected chi connectivity index (χ4v) is 3.42. The molecule has 0 bridgehead atoms. The van der Waals surface area contributed by atoms with Crippen LogP contribution in [0.3, 0.4) is 0 Å². The van der Waals surface area contributed by atoms with Gasteiger partial charge in [0.1, 0.15) is 0 Å². The van der Waals surface area contributed by atoms with Crippen LogP contribution in [0.2, 0.25) is 0 Å². The topological polar surface area (TPSA) is 68.0 Å². The highest BCUT2D eigenvalue weighted by Gasteiger charge is 2.10. The molecular weight excluding hydrogens is 382 g/mol. The van der Waals surface area contributed by atoms with Crippen molar-refractivity contribution in [1.29, 1.82) is 0 Å². The Labute approximate surface area is 173 Å². The van der Waals surface area contributed by atoms with E-state index in [0.29, 0.717) is 17.5 Å². The predicted molar refractivity (Wildman–Crippen MR) is 115 cm³/mol. The van der Waals surface area contributed by atoms with Crippen LogP contribution in [0.5, 0.6) is 0 Å². The van der Waals surface area contributed by atoms with Crippen LogP contribution in [0.4, 0.5) is 5.69 Å². The first-order chi connectivity index (χ1) is 14.3. The molecule has 1 amide bonds. The summed E-state index contributed by atoms with van der Waals surface area (Å²) >= 11 is 1.23. The molecule has 0 aliphatic carbocycles. The quantitative estimate of drug-likeness (QED) is 0.439. The van der Waals surface area contributed by atoms with E-state index in [1.165, 1.54) is 11.8 Å². The zero-order valence-corrected chi connectivity index (χ0v) is 16.4. The monoisotopic (exact) mass is 401 g/mol. The molecule has 0 radical (unpaired) electrons. The Bertz CT molecular complexity index is 1060. The summed E-state index contributed by atoms with van der Waals surface area (Å²) < 4.78 is 5.61. The summed E-state index contributed by atoms with van der Waals surface area (Å²) in [6, 6.07) is 27.8. The lowest BCUT2D eigenvalue weighted by Gasteiger charge is -2.06. The van der Waals surface area contributed by atoms with Crippen molar-refractivity contribution in [2.75, 3.05) is 11.1 Å². The molecule has 0 spiro atoms. The zero-order valence-electron chi connectivity index (χ0n) is 15.6. The van der Waals surface area contributed by atoms with Gasteiger partial charge in [-0.05, 0) is 28.8 Å².